The zero-order valence-electron chi connectivity index (χ0n) is 35.6. The molecule has 0 amide bonds. The fourth-order valence-corrected chi connectivity index (χ4v) is 11.3. The molecule has 10 aromatic carbocycles. The normalized spacial score (nSPS) is 11.3. The maximum Gasteiger partial charge on any atom is 0.488 e. The van der Waals surface area contributed by atoms with Crippen molar-refractivity contribution >= 4 is 91.5 Å². The molecule has 0 radical (unpaired) electrons. The predicted octanol–water partition coefficient (Wildman–Crippen LogP) is 16.6. The monoisotopic (exact) mass is 946 g/mol. The van der Waals surface area contributed by atoms with Crippen LogP contribution in [0.25, 0.3) is 107 Å². The predicted molar refractivity (Wildman–Crippen MR) is 289 cm³/mol. The van der Waals surface area contributed by atoms with Crippen LogP contribution >= 0.6 is 38.6 Å². The molecule has 2 heterocycles. The SMILES string of the molecule is Brc1ccc2sc3ccc(-c4cc(-c5ccccc5)cc(-c5ccccc5)c4)cc3c2c1.OB(O)c1ccc2sc3ccc(-c4cc(-c5ccccc5)cc(-c5ccccc5)c4)cc3c2c1. The van der Waals surface area contributed by atoms with Gasteiger partial charge in [0.2, 0.25) is 0 Å². The topological polar surface area (TPSA) is 40.5 Å². The Labute approximate surface area is 400 Å². The Kier molecular flexibility index (Phi) is 11.5. The van der Waals surface area contributed by atoms with Crippen LogP contribution in [0, 0.1) is 0 Å². The van der Waals surface area contributed by atoms with Crippen LogP contribution in [0.2, 0.25) is 0 Å². The molecule has 66 heavy (non-hydrogen) atoms. The molecule has 2 nitrogen and oxygen atoms in total. The molecule has 0 bridgehead atoms. The maximum absolute atomic E-state index is 9.66. The Morgan fingerprint density at radius 3 is 0.939 bits per heavy atom. The van der Waals surface area contributed by atoms with Gasteiger partial charge in [0.25, 0.3) is 0 Å². The van der Waals surface area contributed by atoms with Crippen LogP contribution in [0.1, 0.15) is 0 Å². The molecule has 2 N–H and O–H groups in total. The summed E-state index contributed by atoms with van der Waals surface area (Å²) in [4.78, 5) is 0. The van der Waals surface area contributed by atoms with Gasteiger partial charge in [0.05, 0.1) is 0 Å². The van der Waals surface area contributed by atoms with Crippen LogP contribution in [0.5, 0.6) is 0 Å². The van der Waals surface area contributed by atoms with Crippen molar-refractivity contribution in [3.05, 3.63) is 235 Å². The Morgan fingerprint density at radius 2 is 0.576 bits per heavy atom. The molecule has 0 aliphatic heterocycles. The summed E-state index contributed by atoms with van der Waals surface area (Å²) in [7, 11) is -1.47. The molecule has 0 aliphatic rings. The second-order valence-corrected chi connectivity index (χ2v) is 19.5. The third-order valence-corrected chi connectivity index (χ3v) is 15.0. The minimum Gasteiger partial charge on any atom is -0.423 e. The van der Waals surface area contributed by atoms with Crippen molar-refractivity contribution in [2.75, 3.05) is 0 Å². The average Bonchev–Trinajstić information content (AvgIpc) is 3.94. The van der Waals surface area contributed by atoms with Gasteiger partial charge < -0.3 is 10.0 Å². The molecule has 2 aromatic heterocycles. The minimum atomic E-state index is -1.47. The Bertz CT molecular complexity index is 3560. The molecule has 12 rings (SSSR count). The van der Waals surface area contributed by atoms with Gasteiger partial charge in [-0.15, -0.1) is 22.7 Å². The Hall–Kier alpha value is -6.90. The summed E-state index contributed by atoms with van der Waals surface area (Å²) in [5.74, 6) is 0. The quantitative estimate of drug-likeness (QED) is 0.156. The third-order valence-electron chi connectivity index (χ3n) is 12.2. The van der Waals surface area contributed by atoms with Crippen LogP contribution in [-0.4, -0.2) is 17.2 Å². The van der Waals surface area contributed by atoms with E-state index in [4.69, 9.17) is 0 Å². The number of halogens is 1. The first-order valence-electron chi connectivity index (χ1n) is 21.9. The van der Waals surface area contributed by atoms with E-state index in [1.54, 1.807) is 17.4 Å². The molecule has 0 saturated heterocycles. The van der Waals surface area contributed by atoms with Crippen molar-refractivity contribution in [3.63, 3.8) is 0 Å². The summed E-state index contributed by atoms with van der Waals surface area (Å²) in [5.41, 5.74) is 14.9. The molecule has 0 unspecified atom stereocenters. The van der Waals surface area contributed by atoms with Gasteiger partial charge in [-0.1, -0.05) is 162 Å². The minimum absolute atomic E-state index is 0.509. The lowest BCUT2D eigenvalue weighted by Crippen LogP contribution is -2.29. The molecule has 0 fully saturated rings. The molecule has 314 valence electrons. The highest BCUT2D eigenvalue weighted by atomic mass is 79.9. The molecule has 0 aliphatic carbocycles. The summed E-state index contributed by atoms with van der Waals surface area (Å²) in [6.07, 6.45) is 0. The number of hydrogen-bond acceptors (Lipinski definition) is 4. The van der Waals surface area contributed by atoms with E-state index in [0.29, 0.717) is 5.46 Å². The van der Waals surface area contributed by atoms with Crippen molar-refractivity contribution in [3.8, 4) is 66.8 Å². The number of benzene rings is 10. The van der Waals surface area contributed by atoms with E-state index in [-0.39, 0.29) is 0 Å². The van der Waals surface area contributed by atoms with Gasteiger partial charge in [0, 0.05) is 39.4 Å². The summed E-state index contributed by atoms with van der Waals surface area (Å²) < 4.78 is 6.09. The van der Waals surface area contributed by atoms with Gasteiger partial charge in [-0.05, 0) is 163 Å². The van der Waals surface area contributed by atoms with E-state index in [1.165, 1.54) is 80.5 Å². The van der Waals surface area contributed by atoms with Gasteiger partial charge >= 0.3 is 7.12 Å². The Balaban J connectivity index is 0.000000146. The maximum atomic E-state index is 9.66. The molecule has 12 aromatic rings. The highest BCUT2D eigenvalue weighted by Crippen LogP contribution is 2.41. The fraction of sp³-hybridized carbons (Fsp3) is 0. The lowest BCUT2D eigenvalue weighted by molar-refractivity contribution is 0.426. The number of rotatable bonds is 7. The van der Waals surface area contributed by atoms with E-state index >= 15 is 0 Å². The highest BCUT2D eigenvalue weighted by molar-refractivity contribution is 9.10. The van der Waals surface area contributed by atoms with Crippen molar-refractivity contribution in [2.24, 2.45) is 0 Å². The lowest BCUT2D eigenvalue weighted by Gasteiger charge is -2.11. The third kappa shape index (κ3) is 8.54. The molecular formula is C60H40BBrO2S2. The van der Waals surface area contributed by atoms with E-state index in [2.05, 4.69) is 216 Å². The smallest absolute Gasteiger partial charge is 0.423 e. The van der Waals surface area contributed by atoms with E-state index < -0.39 is 7.12 Å². The zero-order valence-corrected chi connectivity index (χ0v) is 38.8. The van der Waals surface area contributed by atoms with Gasteiger partial charge in [0.1, 0.15) is 0 Å². The molecular weight excluding hydrogens is 908 g/mol. The number of hydrogen-bond donors (Lipinski definition) is 2. The number of fused-ring (bicyclic) bond motifs is 6. The van der Waals surface area contributed by atoms with Crippen molar-refractivity contribution < 1.29 is 10.0 Å². The molecule has 0 saturated carbocycles. The van der Waals surface area contributed by atoms with Crippen molar-refractivity contribution in [1.29, 1.82) is 0 Å². The average molecular weight is 948 g/mol. The van der Waals surface area contributed by atoms with Gasteiger partial charge in [-0.25, -0.2) is 0 Å². The number of thiophene rings is 2. The largest absolute Gasteiger partial charge is 0.488 e. The first kappa shape index (κ1) is 41.8. The fourth-order valence-electron chi connectivity index (χ4n) is 8.84. The highest BCUT2D eigenvalue weighted by Gasteiger charge is 2.16. The second-order valence-electron chi connectivity index (χ2n) is 16.5. The van der Waals surface area contributed by atoms with E-state index in [1.807, 2.05) is 35.6 Å². The van der Waals surface area contributed by atoms with Crippen molar-refractivity contribution in [2.45, 2.75) is 0 Å². The summed E-state index contributed by atoms with van der Waals surface area (Å²) in [6, 6.07) is 81.5. The van der Waals surface area contributed by atoms with Gasteiger partial charge in [-0.2, -0.15) is 0 Å². The van der Waals surface area contributed by atoms with Gasteiger partial charge in [-0.3, -0.25) is 0 Å². The van der Waals surface area contributed by atoms with Crippen LogP contribution < -0.4 is 5.46 Å². The van der Waals surface area contributed by atoms with Crippen LogP contribution in [-0.2, 0) is 0 Å². The van der Waals surface area contributed by atoms with Crippen LogP contribution in [0.15, 0.2) is 235 Å². The Morgan fingerprint density at radius 1 is 0.273 bits per heavy atom. The van der Waals surface area contributed by atoms with Crippen LogP contribution in [0.3, 0.4) is 0 Å². The zero-order chi connectivity index (χ0) is 44.6. The summed E-state index contributed by atoms with van der Waals surface area (Å²) >= 11 is 7.22. The summed E-state index contributed by atoms with van der Waals surface area (Å²) in [6.45, 7) is 0. The van der Waals surface area contributed by atoms with Crippen LogP contribution in [0.4, 0.5) is 0 Å². The molecule has 0 atom stereocenters. The van der Waals surface area contributed by atoms with Crippen molar-refractivity contribution in [1.82, 2.24) is 0 Å². The molecule has 6 heteroatoms. The summed E-state index contributed by atoms with van der Waals surface area (Å²) in [5, 5.41) is 24.1. The first-order valence-corrected chi connectivity index (χ1v) is 24.3. The lowest BCUT2D eigenvalue weighted by atomic mass is 9.80. The second kappa shape index (κ2) is 18.2. The molecule has 0 spiro atoms. The van der Waals surface area contributed by atoms with Gasteiger partial charge in [0.15, 0.2) is 0 Å². The first-order chi connectivity index (χ1) is 32.4. The van der Waals surface area contributed by atoms with E-state index in [0.717, 1.165) is 31.1 Å². The standard InChI is InChI=1S/C30H21BO2S.C30H19BrS/c32-31(33)26-12-14-30-28(19-26)27-18-22(11-13-29(27)34-30)25-16-23(20-7-3-1-4-8-20)15-24(17-25)21-9-5-2-6-10-21;31-26-12-14-30-28(19-26)27-18-22(11-13-29(27)32-30)25-16-23(20-7-3-1-4-8-20)15-24(17-25)21-9-5-2-6-10-21/h1-19,32-33H;1-19H. The van der Waals surface area contributed by atoms with E-state index in [9.17, 15) is 10.0 Å².